The number of hydrogen-bond acceptors (Lipinski definition) is 5. The summed E-state index contributed by atoms with van der Waals surface area (Å²) in [6.45, 7) is 6.11. The van der Waals surface area contributed by atoms with Gasteiger partial charge in [0.05, 0.1) is 5.69 Å². The van der Waals surface area contributed by atoms with Gasteiger partial charge in [-0.2, -0.15) is 0 Å². The van der Waals surface area contributed by atoms with Gasteiger partial charge in [-0.1, -0.05) is 29.5 Å². The monoisotopic (exact) mass is 439 g/mol. The number of nitrogens with one attached hydrogen (secondary N) is 1. The van der Waals surface area contributed by atoms with Gasteiger partial charge in [-0.25, -0.2) is 9.78 Å². The number of piperidine rings is 1. The summed E-state index contributed by atoms with van der Waals surface area (Å²) in [5, 5.41) is 4.02. The molecule has 3 aliphatic rings. The number of rotatable bonds is 3. The zero-order chi connectivity index (χ0) is 21.4. The van der Waals surface area contributed by atoms with Crippen molar-refractivity contribution in [2.75, 3.05) is 42.9 Å². The number of aromatic nitrogens is 1. The van der Waals surface area contributed by atoms with Crippen molar-refractivity contribution in [3.8, 4) is 0 Å². The Bertz CT molecular complexity index is 976. The van der Waals surface area contributed by atoms with Crippen molar-refractivity contribution in [1.29, 1.82) is 0 Å². The van der Waals surface area contributed by atoms with Crippen molar-refractivity contribution < 1.29 is 9.59 Å². The predicted octanol–water partition coefficient (Wildman–Crippen LogP) is 3.75. The Labute approximate surface area is 187 Å². The molecule has 164 valence electrons. The smallest absolute Gasteiger partial charge is 0.322 e. The van der Waals surface area contributed by atoms with E-state index in [2.05, 4.69) is 16.3 Å². The van der Waals surface area contributed by atoms with Gasteiger partial charge in [-0.3, -0.25) is 4.79 Å². The molecule has 1 N–H and O–H groups in total. The van der Waals surface area contributed by atoms with Gasteiger partial charge in [0.25, 0.3) is 5.91 Å². The van der Waals surface area contributed by atoms with E-state index in [0.29, 0.717) is 0 Å². The van der Waals surface area contributed by atoms with Crippen molar-refractivity contribution in [1.82, 2.24) is 14.8 Å². The van der Waals surface area contributed by atoms with Crippen LogP contribution >= 0.6 is 11.3 Å². The van der Waals surface area contributed by atoms with E-state index in [0.717, 1.165) is 86.2 Å². The predicted molar refractivity (Wildman–Crippen MR) is 123 cm³/mol. The number of aryl methyl sites for hydroxylation is 1. The molecule has 3 aliphatic heterocycles. The topological polar surface area (TPSA) is 68.8 Å². The average Bonchev–Trinajstić information content (AvgIpc) is 3.42. The lowest BCUT2D eigenvalue weighted by atomic mass is 10.0. The lowest BCUT2D eigenvalue weighted by Gasteiger charge is -2.37. The molecule has 2 aromatic rings. The molecule has 0 saturated carbocycles. The van der Waals surface area contributed by atoms with Gasteiger partial charge in [0.2, 0.25) is 0 Å². The lowest BCUT2D eigenvalue weighted by Crippen LogP contribution is -2.48. The van der Waals surface area contributed by atoms with E-state index in [1.54, 1.807) is 0 Å². The van der Waals surface area contributed by atoms with E-state index in [4.69, 9.17) is 4.98 Å². The van der Waals surface area contributed by atoms with Crippen LogP contribution < -0.4 is 10.2 Å². The minimum atomic E-state index is 0.00647. The quantitative estimate of drug-likeness (QED) is 0.791. The minimum Gasteiger partial charge on any atom is -0.348 e. The van der Waals surface area contributed by atoms with Crippen LogP contribution in [0.15, 0.2) is 24.3 Å². The van der Waals surface area contributed by atoms with Crippen molar-refractivity contribution in [3.63, 3.8) is 0 Å². The first kappa shape index (κ1) is 20.3. The number of benzene rings is 1. The van der Waals surface area contributed by atoms with E-state index < -0.39 is 0 Å². The molecule has 0 atom stereocenters. The van der Waals surface area contributed by atoms with Crippen LogP contribution in [0.25, 0.3) is 0 Å². The second-order valence-electron chi connectivity index (χ2n) is 8.66. The summed E-state index contributed by atoms with van der Waals surface area (Å²) in [6.07, 6.45) is 4.90. The van der Waals surface area contributed by atoms with Crippen LogP contribution in [0, 0.1) is 6.92 Å². The molecule has 0 aliphatic carbocycles. The number of carbonyl (C=O) groups excluding carboxylic acids is 2. The molecule has 0 spiro atoms. The highest BCUT2D eigenvalue weighted by Crippen LogP contribution is 2.31. The van der Waals surface area contributed by atoms with Crippen LogP contribution in [0.3, 0.4) is 0 Å². The van der Waals surface area contributed by atoms with Crippen molar-refractivity contribution in [3.05, 3.63) is 40.4 Å². The third kappa shape index (κ3) is 4.01. The first-order valence-electron chi connectivity index (χ1n) is 11.3. The number of hydrogen-bond donors (Lipinski definition) is 1. The molecule has 2 saturated heterocycles. The summed E-state index contributed by atoms with van der Waals surface area (Å²) in [5.41, 5.74) is 2.97. The largest absolute Gasteiger partial charge is 0.348 e. The molecule has 8 heteroatoms. The second kappa shape index (κ2) is 8.49. The van der Waals surface area contributed by atoms with Crippen molar-refractivity contribution in [2.45, 2.75) is 45.1 Å². The Kier molecular flexibility index (Phi) is 5.56. The Morgan fingerprint density at radius 3 is 2.61 bits per heavy atom. The van der Waals surface area contributed by atoms with Crippen LogP contribution in [-0.4, -0.2) is 65.5 Å². The van der Waals surface area contributed by atoms with E-state index in [1.807, 2.05) is 34.9 Å². The fourth-order valence-electron chi connectivity index (χ4n) is 4.89. The van der Waals surface area contributed by atoms with Crippen LogP contribution in [0.1, 0.15) is 46.6 Å². The molecular weight excluding hydrogens is 410 g/mol. The molecular formula is C23H29N5O2S. The number of likely N-dealkylation sites (tertiary alicyclic amines) is 1. The molecule has 3 amide bonds. The maximum atomic E-state index is 12.8. The maximum absolute atomic E-state index is 12.8. The molecule has 5 rings (SSSR count). The summed E-state index contributed by atoms with van der Waals surface area (Å²) >= 11 is 1.52. The highest BCUT2D eigenvalue weighted by molar-refractivity contribution is 7.17. The molecule has 0 radical (unpaired) electrons. The zero-order valence-electron chi connectivity index (χ0n) is 18.0. The summed E-state index contributed by atoms with van der Waals surface area (Å²) in [6, 6.07) is 8.30. The molecule has 31 heavy (non-hydrogen) atoms. The highest BCUT2D eigenvalue weighted by atomic mass is 32.1. The normalized spacial score (nSPS) is 19.9. The summed E-state index contributed by atoms with van der Waals surface area (Å²) < 4.78 is 0. The van der Waals surface area contributed by atoms with Gasteiger partial charge in [-0.05, 0) is 50.7 Å². The van der Waals surface area contributed by atoms with Crippen molar-refractivity contribution >= 4 is 34.1 Å². The lowest BCUT2D eigenvalue weighted by molar-refractivity contribution is 0.0796. The number of urea groups is 1. The first-order chi connectivity index (χ1) is 15.1. The van der Waals surface area contributed by atoms with E-state index in [-0.39, 0.29) is 18.0 Å². The molecule has 1 aromatic heterocycles. The molecule has 4 heterocycles. The SMILES string of the molecule is Cc1nc(N2CCC(N3CCc4ccccc4NC3=O)CC2)sc1C(=O)N1CCCC1. The number of thiazole rings is 1. The standard InChI is InChI=1S/C23H29N5O2S/c1-16-20(21(29)26-11-4-5-12-26)31-23(24-16)27-13-9-18(10-14-27)28-15-8-17-6-2-3-7-19(17)25-22(28)30/h2-3,6-7,18H,4-5,8-15H2,1H3,(H,25,30). The number of carbonyl (C=O) groups is 2. The summed E-state index contributed by atoms with van der Waals surface area (Å²) in [7, 11) is 0. The Morgan fingerprint density at radius 1 is 1.10 bits per heavy atom. The van der Waals surface area contributed by atoms with E-state index >= 15 is 0 Å². The molecule has 0 unspecified atom stereocenters. The van der Waals surface area contributed by atoms with Gasteiger partial charge in [-0.15, -0.1) is 0 Å². The second-order valence-corrected chi connectivity index (χ2v) is 9.64. The average molecular weight is 440 g/mol. The third-order valence-corrected chi connectivity index (χ3v) is 7.90. The Hall–Kier alpha value is -2.61. The van der Waals surface area contributed by atoms with Crippen LogP contribution in [0.5, 0.6) is 0 Å². The third-order valence-electron chi connectivity index (χ3n) is 6.69. The minimum absolute atomic E-state index is 0.00647. The van der Waals surface area contributed by atoms with Gasteiger partial charge in [0.1, 0.15) is 4.88 Å². The van der Waals surface area contributed by atoms with Gasteiger partial charge >= 0.3 is 6.03 Å². The molecule has 0 bridgehead atoms. The summed E-state index contributed by atoms with van der Waals surface area (Å²) in [4.78, 5) is 37.4. The first-order valence-corrected chi connectivity index (χ1v) is 12.1. The van der Waals surface area contributed by atoms with Crippen LogP contribution in [0.4, 0.5) is 15.6 Å². The Morgan fingerprint density at radius 2 is 1.84 bits per heavy atom. The van der Waals surface area contributed by atoms with Crippen LogP contribution in [-0.2, 0) is 6.42 Å². The molecule has 2 fully saturated rings. The maximum Gasteiger partial charge on any atom is 0.322 e. The Balaban J connectivity index is 1.22. The number of amides is 3. The van der Waals surface area contributed by atoms with E-state index in [1.165, 1.54) is 16.9 Å². The highest BCUT2D eigenvalue weighted by Gasteiger charge is 2.32. The molecule has 1 aromatic carbocycles. The summed E-state index contributed by atoms with van der Waals surface area (Å²) in [5.74, 6) is 0.134. The number of anilines is 2. The fraction of sp³-hybridized carbons (Fsp3) is 0.522. The number of fused-ring (bicyclic) bond motifs is 1. The fourth-order valence-corrected chi connectivity index (χ4v) is 5.97. The van der Waals surface area contributed by atoms with Gasteiger partial charge in [0.15, 0.2) is 5.13 Å². The van der Waals surface area contributed by atoms with Gasteiger partial charge < -0.3 is 20.0 Å². The number of nitrogens with zero attached hydrogens (tertiary/aromatic N) is 4. The van der Waals surface area contributed by atoms with Crippen LogP contribution in [0.2, 0.25) is 0 Å². The molecule has 7 nitrogen and oxygen atoms in total. The zero-order valence-corrected chi connectivity index (χ0v) is 18.8. The van der Waals surface area contributed by atoms with Crippen molar-refractivity contribution in [2.24, 2.45) is 0 Å². The number of para-hydroxylation sites is 1. The van der Waals surface area contributed by atoms with Gasteiger partial charge in [0, 0.05) is 44.5 Å². The van der Waals surface area contributed by atoms with E-state index in [9.17, 15) is 9.59 Å².